The van der Waals surface area contributed by atoms with Gasteiger partial charge in [-0.15, -0.1) is 0 Å². The molecule has 2 aromatic rings. The van der Waals surface area contributed by atoms with Crippen LogP contribution in [0.5, 0.6) is 0 Å². The van der Waals surface area contributed by atoms with Gasteiger partial charge in [0.15, 0.2) is 0 Å². The first-order valence-electron chi connectivity index (χ1n) is 6.86. The topological polar surface area (TPSA) is 15.3 Å². The third kappa shape index (κ3) is 2.24. The number of benzene rings is 2. The van der Waals surface area contributed by atoms with Gasteiger partial charge in [0.1, 0.15) is 0 Å². The lowest BCUT2D eigenvalue weighted by atomic mass is 9.94. The molecule has 0 aliphatic carbocycles. The van der Waals surface area contributed by atoms with Gasteiger partial charge >= 0.3 is 0 Å². The van der Waals surface area contributed by atoms with E-state index in [1.165, 1.54) is 22.5 Å². The van der Waals surface area contributed by atoms with Gasteiger partial charge in [-0.3, -0.25) is 0 Å². The maximum Gasteiger partial charge on any atom is 0.0441 e. The van der Waals surface area contributed by atoms with E-state index in [-0.39, 0.29) is 0 Å². The Hall–Kier alpha value is -1.80. The monoisotopic (exact) mass is 252 g/mol. The zero-order valence-electron chi connectivity index (χ0n) is 11.6. The summed E-state index contributed by atoms with van der Waals surface area (Å²) in [5.74, 6) is 0. The van der Waals surface area contributed by atoms with Gasteiger partial charge in [-0.1, -0.05) is 36.4 Å². The van der Waals surface area contributed by atoms with Crippen molar-refractivity contribution in [3.63, 3.8) is 0 Å². The van der Waals surface area contributed by atoms with Crippen molar-refractivity contribution in [2.45, 2.75) is 18.9 Å². The van der Waals surface area contributed by atoms with Crippen LogP contribution < -0.4 is 10.2 Å². The van der Waals surface area contributed by atoms with Crippen LogP contribution in [0.3, 0.4) is 0 Å². The Bertz CT molecular complexity index is 527. The van der Waals surface area contributed by atoms with Crippen LogP contribution in [0.15, 0.2) is 48.5 Å². The fourth-order valence-electron chi connectivity index (χ4n) is 2.96. The minimum atomic E-state index is 0.496. The highest BCUT2D eigenvalue weighted by Crippen LogP contribution is 2.33. The maximum absolute atomic E-state index is 3.45. The summed E-state index contributed by atoms with van der Waals surface area (Å²) in [6.07, 6.45) is 2.15. The summed E-state index contributed by atoms with van der Waals surface area (Å²) in [5, 5.41) is 3.45. The minimum Gasteiger partial charge on any atom is -0.344 e. The third-order valence-electron chi connectivity index (χ3n) is 4.05. The maximum atomic E-state index is 3.45. The smallest absolute Gasteiger partial charge is 0.0441 e. The zero-order chi connectivity index (χ0) is 13.2. The van der Waals surface area contributed by atoms with Crippen molar-refractivity contribution in [1.29, 1.82) is 0 Å². The lowest BCUT2D eigenvalue weighted by Crippen LogP contribution is -2.32. The molecule has 2 aromatic carbocycles. The predicted octanol–water partition coefficient (Wildman–Crippen LogP) is 3.14. The van der Waals surface area contributed by atoms with Crippen LogP contribution in [-0.2, 0) is 12.8 Å². The van der Waals surface area contributed by atoms with Crippen LogP contribution in [-0.4, -0.2) is 20.1 Å². The fraction of sp³-hybridized carbons (Fsp3) is 0.294. The standard InChI is InChI=1S/C17H20N2/c1-18-15-11-13-7-3-5-9-16(13)19(2)17-10-6-4-8-14(17)12-15/h3-10,15,18H,11-12H2,1-2H3. The molecule has 0 spiro atoms. The van der Waals surface area contributed by atoms with Crippen molar-refractivity contribution in [1.82, 2.24) is 5.32 Å². The van der Waals surface area contributed by atoms with Crippen LogP contribution in [0.2, 0.25) is 0 Å². The first-order valence-corrected chi connectivity index (χ1v) is 6.86. The predicted molar refractivity (Wildman–Crippen MR) is 81.2 cm³/mol. The van der Waals surface area contributed by atoms with Gasteiger partial charge in [0.2, 0.25) is 0 Å². The molecular formula is C17H20N2. The molecule has 1 heterocycles. The van der Waals surface area contributed by atoms with Crippen molar-refractivity contribution in [2.75, 3.05) is 19.0 Å². The summed E-state index contributed by atoms with van der Waals surface area (Å²) in [5.41, 5.74) is 5.46. The molecule has 19 heavy (non-hydrogen) atoms. The van der Waals surface area contributed by atoms with E-state index >= 15 is 0 Å². The van der Waals surface area contributed by atoms with E-state index in [4.69, 9.17) is 0 Å². The number of hydrogen-bond acceptors (Lipinski definition) is 2. The van der Waals surface area contributed by atoms with Gasteiger partial charge in [-0.25, -0.2) is 0 Å². The Morgan fingerprint density at radius 1 is 0.895 bits per heavy atom. The Kier molecular flexibility index (Phi) is 3.26. The second kappa shape index (κ2) is 5.06. The molecule has 0 atom stereocenters. The number of rotatable bonds is 1. The number of hydrogen-bond donors (Lipinski definition) is 1. The Morgan fingerprint density at radius 3 is 1.84 bits per heavy atom. The first kappa shape index (κ1) is 12.2. The van der Waals surface area contributed by atoms with E-state index in [2.05, 4.69) is 72.8 Å². The second-order valence-electron chi connectivity index (χ2n) is 5.21. The van der Waals surface area contributed by atoms with E-state index in [0.717, 1.165) is 12.8 Å². The minimum absolute atomic E-state index is 0.496. The first-order chi connectivity index (χ1) is 9.29. The van der Waals surface area contributed by atoms with Crippen LogP contribution in [0.4, 0.5) is 11.4 Å². The van der Waals surface area contributed by atoms with Gasteiger partial charge in [-0.05, 0) is 43.1 Å². The average molecular weight is 252 g/mol. The van der Waals surface area contributed by atoms with Crippen molar-refractivity contribution < 1.29 is 0 Å². The van der Waals surface area contributed by atoms with Crippen LogP contribution in [0.25, 0.3) is 0 Å². The highest BCUT2D eigenvalue weighted by atomic mass is 15.1. The number of nitrogens with zero attached hydrogens (tertiary/aromatic N) is 1. The molecule has 0 saturated carbocycles. The van der Waals surface area contributed by atoms with E-state index in [1.54, 1.807) is 0 Å². The number of fused-ring (bicyclic) bond motifs is 2. The highest BCUT2D eigenvalue weighted by molar-refractivity contribution is 5.69. The Labute approximate surface area is 115 Å². The molecule has 98 valence electrons. The Morgan fingerprint density at radius 2 is 1.37 bits per heavy atom. The number of nitrogens with one attached hydrogen (secondary N) is 1. The van der Waals surface area contributed by atoms with E-state index < -0.39 is 0 Å². The van der Waals surface area contributed by atoms with Crippen molar-refractivity contribution in [3.05, 3.63) is 59.7 Å². The molecule has 3 rings (SSSR count). The Balaban J connectivity index is 2.14. The van der Waals surface area contributed by atoms with Crippen LogP contribution >= 0.6 is 0 Å². The average Bonchev–Trinajstić information content (AvgIpc) is 2.45. The number of likely N-dealkylation sites (N-methyl/N-ethyl adjacent to an activating group) is 1. The number of para-hydroxylation sites is 2. The molecule has 0 unspecified atom stereocenters. The highest BCUT2D eigenvalue weighted by Gasteiger charge is 2.20. The molecule has 1 aliphatic rings. The van der Waals surface area contributed by atoms with Crippen molar-refractivity contribution in [3.8, 4) is 0 Å². The van der Waals surface area contributed by atoms with Gasteiger partial charge < -0.3 is 10.2 Å². The summed E-state index contributed by atoms with van der Waals surface area (Å²) in [6, 6.07) is 17.9. The second-order valence-corrected chi connectivity index (χ2v) is 5.21. The van der Waals surface area contributed by atoms with Gasteiger partial charge in [0.05, 0.1) is 0 Å². The van der Waals surface area contributed by atoms with E-state index in [9.17, 15) is 0 Å². The fourth-order valence-corrected chi connectivity index (χ4v) is 2.96. The molecule has 1 aliphatic heterocycles. The van der Waals surface area contributed by atoms with Crippen LogP contribution in [0, 0.1) is 0 Å². The third-order valence-corrected chi connectivity index (χ3v) is 4.05. The molecule has 2 nitrogen and oxygen atoms in total. The van der Waals surface area contributed by atoms with Gasteiger partial charge in [0.25, 0.3) is 0 Å². The zero-order valence-corrected chi connectivity index (χ0v) is 11.6. The van der Waals surface area contributed by atoms with E-state index in [0.29, 0.717) is 6.04 Å². The molecule has 1 N–H and O–H groups in total. The lowest BCUT2D eigenvalue weighted by Gasteiger charge is -2.30. The molecular weight excluding hydrogens is 232 g/mol. The molecule has 0 fully saturated rings. The largest absolute Gasteiger partial charge is 0.344 e. The quantitative estimate of drug-likeness (QED) is 0.839. The van der Waals surface area contributed by atoms with Crippen molar-refractivity contribution in [2.24, 2.45) is 0 Å². The summed E-state index contributed by atoms with van der Waals surface area (Å²) < 4.78 is 0. The molecule has 2 heteroatoms. The summed E-state index contributed by atoms with van der Waals surface area (Å²) in [6.45, 7) is 0. The molecule has 0 radical (unpaired) electrons. The number of anilines is 2. The van der Waals surface area contributed by atoms with Crippen LogP contribution in [0.1, 0.15) is 11.1 Å². The molecule has 0 amide bonds. The summed E-state index contributed by atoms with van der Waals surface area (Å²) in [4.78, 5) is 2.32. The SMILES string of the molecule is CNC1Cc2ccccc2N(C)c2ccccc2C1. The normalized spacial score (nSPS) is 15.4. The van der Waals surface area contributed by atoms with Crippen molar-refractivity contribution >= 4 is 11.4 Å². The molecule has 0 bridgehead atoms. The van der Waals surface area contributed by atoms with Gasteiger partial charge in [0, 0.05) is 24.5 Å². The molecule has 0 aromatic heterocycles. The summed E-state index contributed by atoms with van der Waals surface area (Å²) >= 11 is 0. The van der Waals surface area contributed by atoms with E-state index in [1.807, 2.05) is 0 Å². The van der Waals surface area contributed by atoms with Gasteiger partial charge in [-0.2, -0.15) is 0 Å². The molecule has 0 saturated heterocycles. The lowest BCUT2D eigenvalue weighted by molar-refractivity contribution is 0.554. The summed E-state index contributed by atoms with van der Waals surface area (Å²) in [7, 11) is 4.22.